The highest BCUT2D eigenvalue weighted by Gasteiger charge is 2.03. The van der Waals surface area contributed by atoms with Gasteiger partial charge in [0, 0.05) is 12.6 Å². The van der Waals surface area contributed by atoms with Gasteiger partial charge < -0.3 is 15.8 Å². The fraction of sp³-hybridized carbons (Fsp3) is 0.500. The molecule has 1 aromatic rings. The molecule has 4 heteroatoms. The highest BCUT2D eigenvalue weighted by Crippen LogP contribution is 2.17. The van der Waals surface area contributed by atoms with Crippen molar-refractivity contribution < 1.29 is 9.13 Å². The van der Waals surface area contributed by atoms with Gasteiger partial charge in [-0.05, 0) is 37.6 Å². The Bertz CT molecular complexity index is 329. The standard InChI is InChI=1S/C12H19FN2O/c1-9(14)5-6-15-8-10-3-4-12(16-2)11(13)7-10/h3-4,7,9,15H,5-6,8,14H2,1-2H3. The van der Waals surface area contributed by atoms with Crippen LogP contribution in [0.5, 0.6) is 5.75 Å². The molecule has 16 heavy (non-hydrogen) atoms. The number of hydrogen-bond donors (Lipinski definition) is 2. The second-order valence-corrected chi connectivity index (χ2v) is 3.91. The van der Waals surface area contributed by atoms with Crippen LogP contribution in [0.25, 0.3) is 0 Å². The molecule has 0 aliphatic rings. The summed E-state index contributed by atoms with van der Waals surface area (Å²) in [6, 6.07) is 5.16. The smallest absolute Gasteiger partial charge is 0.165 e. The van der Waals surface area contributed by atoms with Gasteiger partial charge in [-0.15, -0.1) is 0 Å². The maximum atomic E-state index is 13.3. The Morgan fingerprint density at radius 3 is 2.81 bits per heavy atom. The van der Waals surface area contributed by atoms with E-state index in [0.29, 0.717) is 6.54 Å². The quantitative estimate of drug-likeness (QED) is 0.725. The van der Waals surface area contributed by atoms with Crippen LogP contribution in [0.2, 0.25) is 0 Å². The molecule has 0 saturated carbocycles. The van der Waals surface area contributed by atoms with Gasteiger partial charge in [-0.2, -0.15) is 0 Å². The Balaban J connectivity index is 2.40. The predicted molar refractivity (Wildman–Crippen MR) is 62.9 cm³/mol. The molecule has 0 bridgehead atoms. The zero-order chi connectivity index (χ0) is 12.0. The van der Waals surface area contributed by atoms with E-state index in [0.717, 1.165) is 18.5 Å². The highest BCUT2D eigenvalue weighted by atomic mass is 19.1. The van der Waals surface area contributed by atoms with E-state index in [-0.39, 0.29) is 17.6 Å². The molecule has 90 valence electrons. The summed E-state index contributed by atoms with van der Waals surface area (Å²) in [7, 11) is 1.46. The summed E-state index contributed by atoms with van der Waals surface area (Å²) in [5.41, 5.74) is 6.52. The number of halogens is 1. The molecule has 0 aliphatic heterocycles. The number of rotatable bonds is 6. The van der Waals surface area contributed by atoms with Crippen molar-refractivity contribution in [3.05, 3.63) is 29.6 Å². The average molecular weight is 226 g/mol. The van der Waals surface area contributed by atoms with Gasteiger partial charge >= 0.3 is 0 Å². The SMILES string of the molecule is COc1ccc(CNCCC(C)N)cc1F. The number of ether oxygens (including phenoxy) is 1. The molecule has 0 aromatic heterocycles. The number of methoxy groups -OCH3 is 1. The Hall–Kier alpha value is -1.13. The fourth-order valence-corrected chi connectivity index (χ4v) is 1.38. The monoisotopic (exact) mass is 226 g/mol. The molecule has 1 aromatic carbocycles. The normalized spacial score (nSPS) is 12.5. The first kappa shape index (κ1) is 12.9. The largest absolute Gasteiger partial charge is 0.494 e. The van der Waals surface area contributed by atoms with Crippen LogP contribution in [0, 0.1) is 5.82 Å². The summed E-state index contributed by atoms with van der Waals surface area (Å²) in [6.45, 7) is 3.45. The van der Waals surface area contributed by atoms with Crippen LogP contribution in [-0.2, 0) is 6.54 Å². The average Bonchev–Trinajstić information content (AvgIpc) is 2.24. The molecule has 1 rings (SSSR count). The minimum absolute atomic E-state index is 0.195. The molecule has 3 nitrogen and oxygen atoms in total. The van der Waals surface area contributed by atoms with Crippen molar-refractivity contribution in [2.45, 2.75) is 25.9 Å². The van der Waals surface area contributed by atoms with Gasteiger partial charge in [0.2, 0.25) is 0 Å². The molecule has 0 amide bonds. The lowest BCUT2D eigenvalue weighted by molar-refractivity contribution is 0.386. The zero-order valence-electron chi connectivity index (χ0n) is 9.79. The third-order valence-corrected chi connectivity index (χ3v) is 2.32. The number of nitrogens with two attached hydrogens (primary N) is 1. The van der Waals surface area contributed by atoms with Crippen molar-refractivity contribution in [2.24, 2.45) is 5.73 Å². The Morgan fingerprint density at radius 1 is 1.50 bits per heavy atom. The lowest BCUT2D eigenvalue weighted by Crippen LogP contribution is -2.23. The van der Waals surface area contributed by atoms with Crippen LogP contribution in [-0.4, -0.2) is 19.7 Å². The second-order valence-electron chi connectivity index (χ2n) is 3.91. The molecule has 0 saturated heterocycles. The van der Waals surface area contributed by atoms with Gasteiger partial charge in [0.15, 0.2) is 11.6 Å². The van der Waals surface area contributed by atoms with Crippen molar-refractivity contribution >= 4 is 0 Å². The molecule has 1 atom stereocenters. The van der Waals surface area contributed by atoms with E-state index < -0.39 is 0 Å². The Kier molecular flexibility index (Phi) is 5.22. The number of hydrogen-bond acceptors (Lipinski definition) is 3. The van der Waals surface area contributed by atoms with E-state index >= 15 is 0 Å². The summed E-state index contributed by atoms with van der Waals surface area (Å²) in [6.07, 6.45) is 0.915. The van der Waals surface area contributed by atoms with Crippen LogP contribution in [0.3, 0.4) is 0 Å². The first-order valence-electron chi connectivity index (χ1n) is 5.42. The number of nitrogens with one attached hydrogen (secondary N) is 1. The van der Waals surface area contributed by atoms with Gasteiger partial charge in [0.1, 0.15) is 0 Å². The summed E-state index contributed by atoms with van der Waals surface area (Å²) in [4.78, 5) is 0. The third-order valence-electron chi connectivity index (χ3n) is 2.32. The van der Waals surface area contributed by atoms with Crippen molar-refractivity contribution in [3.8, 4) is 5.75 Å². The van der Waals surface area contributed by atoms with Crippen LogP contribution in [0.1, 0.15) is 18.9 Å². The molecule has 0 aliphatic carbocycles. The maximum absolute atomic E-state index is 13.3. The van der Waals surface area contributed by atoms with Crippen LogP contribution in [0.15, 0.2) is 18.2 Å². The molecule has 0 heterocycles. The first-order chi connectivity index (χ1) is 7.63. The lowest BCUT2D eigenvalue weighted by Gasteiger charge is -2.08. The fourth-order valence-electron chi connectivity index (χ4n) is 1.38. The Labute approximate surface area is 95.8 Å². The molecule has 3 N–H and O–H groups in total. The van der Waals surface area contributed by atoms with Gasteiger partial charge in [0.25, 0.3) is 0 Å². The predicted octanol–water partition coefficient (Wildman–Crippen LogP) is 1.66. The van der Waals surface area contributed by atoms with Gasteiger partial charge in [-0.1, -0.05) is 6.07 Å². The number of benzene rings is 1. The van der Waals surface area contributed by atoms with E-state index in [2.05, 4.69) is 5.32 Å². The summed E-state index contributed by atoms with van der Waals surface area (Å²) in [5, 5.41) is 3.21. The Morgan fingerprint density at radius 2 is 2.25 bits per heavy atom. The van der Waals surface area contributed by atoms with Gasteiger partial charge in [0.05, 0.1) is 7.11 Å². The van der Waals surface area contributed by atoms with Gasteiger partial charge in [-0.25, -0.2) is 4.39 Å². The lowest BCUT2D eigenvalue weighted by atomic mass is 10.2. The minimum atomic E-state index is -0.325. The van der Waals surface area contributed by atoms with Gasteiger partial charge in [-0.3, -0.25) is 0 Å². The van der Waals surface area contributed by atoms with Crippen molar-refractivity contribution in [1.29, 1.82) is 0 Å². The van der Waals surface area contributed by atoms with E-state index in [1.54, 1.807) is 6.07 Å². The summed E-state index contributed by atoms with van der Waals surface area (Å²) < 4.78 is 18.2. The van der Waals surface area contributed by atoms with Crippen LogP contribution in [0.4, 0.5) is 4.39 Å². The van der Waals surface area contributed by atoms with Crippen molar-refractivity contribution in [2.75, 3.05) is 13.7 Å². The maximum Gasteiger partial charge on any atom is 0.165 e. The van der Waals surface area contributed by atoms with Crippen LogP contribution < -0.4 is 15.8 Å². The molecule has 0 fully saturated rings. The molecular formula is C12H19FN2O. The topological polar surface area (TPSA) is 47.3 Å². The molecule has 1 unspecified atom stereocenters. The van der Waals surface area contributed by atoms with E-state index in [1.807, 2.05) is 13.0 Å². The molecule has 0 spiro atoms. The second kappa shape index (κ2) is 6.45. The van der Waals surface area contributed by atoms with E-state index in [9.17, 15) is 4.39 Å². The highest BCUT2D eigenvalue weighted by molar-refractivity contribution is 5.29. The zero-order valence-corrected chi connectivity index (χ0v) is 9.79. The first-order valence-corrected chi connectivity index (χ1v) is 5.42. The van der Waals surface area contributed by atoms with Crippen molar-refractivity contribution in [3.63, 3.8) is 0 Å². The van der Waals surface area contributed by atoms with E-state index in [1.165, 1.54) is 13.2 Å². The molecule has 0 radical (unpaired) electrons. The van der Waals surface area contributed by atoms with Crippen molar-refractivity contribution in [1.82, 2.24) is 5.32 Å². The summed E-state index contributed by atoms with van der Waals surface area (Å²) in [5.74, 6) is -0.0478. The third kappa shape index (κ3) is 4.16. The summed E-state index contributed by atoms with van der Waals surface area (Å²) >= 11 is 0. The van der Waals surface area contributed by atoms with E-state index in [4.69, 9.17) is 10.5 Å². The minimum Gasteiger partial charge on any atom is -0.494 e. The van der Waals surface area contributed by atoms with Crippen LogP contribution >= 0.6 is 0 Å². The molecular weight excluding hydrogens is 207 g/mol.